The van der Waals surface area contributed by atoms with E-state index in [4.69, 9.17) is 18.9 Å². The Kier molecular flexibility index (Phi) is 11.4. The predicted molar refractivity (Wildman–Crippen MR) is 198 cm³/mol. The fraction of sp³-hybridized carbons (Fsp3) is 0.200. The molecule has 5 atom stereocenters. The minimum Gasteiger partial charge on any atom is -0.467 e. The van der Waals surface area contributed by atoms with Crippen molar-refractivity contribution in [1.29, 1.82) is 0 Å². The Hall–Kier alpha value is -6.65. The third-order valence-electron chi connectivity index (χ3n) is 8.96. The van der Waals surface area contributed by atoms with Crippen molar-refractivity contribution < 1.29 is 46.5 Å². The molecule has 2 heterocycles. The topological polar surface area (TPSA) is 197 Å². The molecule has 0 unspecified atom stereocenters. The van der Waals surface area contributed by atoms with Crippen molar-refractivity contribution >= 4 is 33.8 Å². The lowest BCUT2D eigenvalue weighted by atomic mass is 10.0. The van der Waals surface area contributed by atoms with E-state index in [0.717, 1.165) is 17.9 Å². The maximum absolute atomic E-state index is 14.7. The van der Waals surface area contributed by atoms with Gasteiger partial charge in [-0.3, -0.25) is 19.1 Å². The molecule has 1 fully saturated rings. The van der Waals surface area contributed by atoms with Gasteiger partial charge in [0.15, 0.2) is 24.5 Å². The van der Waals surface area contributed by atoms with Crippen molar-refractivity contribution in [2.75, 3.05) is 7.11 Å². The van der Waals surface area contributed by atoms with Crippen LogP contribution in [0.5, 0.6) is 0 Å². The highest BCUT2D eigenvalue weighted by Gasteiger charge is 2.59. The summed E-state index contributed by atoms with van der Waals surface area (Å²) < 4.78 is 53.9. The molecule has 1 N–H and O–H groups in total. The summed E-state index contributed by atoms with van der Waals surface area (Å²) >= 11 is 0. The van der Waals surface area contributed by atoms with E-state index < -0.39 is 80.6 Å². The van der Waals surface area contributed by atoms with Crippen LogP contribution in [0.2, 0.25) is 0 Å². The van der Waals surface area contributed by atoms with Gasteiger partial charge in [0.1, 0.15) is 6.10 Å². The molecule has 0 spiro atoms. The Morgan fingerprint density at radius 2 is 1.23 bits per heavy atom. The summed E-state index contributed by atoms with van der Waals surface area (Å²) in [4.78, 5) is 83.9. The molecule has 288 valence electrons. The van der Waals surface area contributed by atoms with Gasteiger partial charge in [-0.25, -0.2) is 31.9 Å². The van der Waals surface area contributed by atoms with Crippen LogP contribution in [0.1, 0.15) is 48.4 Å². The van der Waals surface area contributed by atoms with Crippen LogP contribution in [0.25, 0.3) is 0 Å². The first-order valence-electron chi connectivity index (χ1n) is 17.1. The van der Waals surface area contributed by atoms with E-state index in [0.29, 0.717) is 5.56 Å². The van der Waals surface area contributed by atoms with Crippen molar-refractivity contribution in [2.24, 2.45) is 0 Å². The van der Waals surface area contributed by atoms with Crippen LogP contribution >= 0.6 is 0 Å². The van der Waals surface area contributed by atoms with Crippen molar-refractivity contribution in [3.8, 4) is 0 Å². The molecule has 0 radical (unpaired) electrons. The fourth-order valence-electron chi connectivity index (χ4n) is 6.11. The highest BCUT2D eigenvalue weighted by Crippen LogP contribution is 2.39. The Morgan fingerprint density at radius 1 is 0.732 bits per heavy atom. The smallest absolute Gasteiger partial charge is 0.338 e. The third-order valence-corrected chi connectivity index (χ3v) is 10.7. The number of benzene rings is 4. The zero-order chi connectivity index (χ0) is 40.1. The van der Waals surface area contributed by atoms with E-state index in [1.54, 1.807) is 49.4 Å². The molecule has 1 aliphatic rings. The number of aromatic amines is 1. The number of sulfonamides is 1. The number of hydrogen-bond donors (Lipinski definition) is 1. The summed E-state index contributed by atoms with van der Waals surface area (Å²) in [7, 11) is -4.06. The molecule has 15 nitrogen and oxygen atoms in total. The summed E-state index contributed by atoms with van der Waals surface area (Å²) in [5.41, 5.74) is -1.24. The molecule has 1 aliphatic heterocycles. The summed E-state index contributed by atoms with van der Waals surface area (Å²) in [6.45, 7) is 3.10. The van der Waals surface area contributed by atoms with Crippen LogP contribution in [0.4, 0.5) is 0 Å². The molecular weight excluding hydrogens is 747 g/mol. The van der Waals surface area contributed by atoms with Crippen molar-refractivity contribution in [3.63, 3.8) is 0 Å². The molecule has 1 saturated heterocycles. The average molecular weight is 782 g/mol. The molecule has 0 saturated carbocycles. The lowest BCUT2D eigenvalue weighted by Crippen LogP contribution is -2.58. The van der Waals surface area contributed by atoms with Crippen LogP contribution in [0.3, 0.4) is 0 Å². The highest BCUT2D eigenvalue weighted by atomic mass is 32.2. The first kappa shape index (κ1) is 39.1. The quantitative estimate of drug-likeness (QED) is 0.151. The van der Waals surface area contributed by atoms with Gasteiger partial charge in [0.2, 0.25) is 0 Å². The second-order valence-electron chi connectivity index (χ2n) is 12.7. The van der Waals surface area contributed by atoms with Crippen LogP contribution in [0, 0.1) is 13.8 Å². The van der Waals surface area contributed by atoms with Crippen molar-refractivity contribution in [3.05, 3.63) is 170 Å². The predicted octanol–water partition coefficient (Wildman–Crippen LogP) is 3.57. The molecular formula is C40H35N3O12S. The number of amides is 1. The zero-order valence-corrected chi connectivity index (χ0v) is 31.0. The molecule has 1 amide bonds. The van der Waals surface area contributed by atoms with Gasteiger partial charge in [-0.15, -0.1) is 0 Å². The number of methoxy groups -OCH3 is 1. The van der Waals surface area contributed by atoms with E-state index in [-0.39, 0.29) is 26.6 Å². The van der Waals surface area contributed by atoms with E-state index in [1.165, 1.54) is 79.7 Å². The third kappa shape index (κ3) is 7.92. The average Bonchev–Trinajstić information content (AvgIpc) is 3.54. The fourth-order valence-corrected chi connectivity index (χ4v) is 7.65. The number of aryl methyl sites for hydroxylation is 2. The SMILES string of the molecule is COC(=O)[C@H]([C@H]1O[C@@H](n2cc(C)c(=O)[nH]c2=O)[C@H](OC(=O)c2ccccc2)[C@@H]1OC(=O)c1ccccc1)N(C(=O)c1ccccc1)S(=O)(=O)c1ccc(C)cc1. The maximum Gasteiger partial charge on any atom is 0.338 e. The Bertz CT molecular complexity index is 2470. The Labute approximate surface area is 320 Å². The Balaban J connectivity index is 1.60. The molecule has 56 heavy (non-hydrogen) atoms. The molecule has 4 aromatic carbocycles. The van der Waals surface area contributed by atoms with Crippen LogP contribution in [-0.2, 0) is 33.8 Å². The largest absolute Gasteiger partial charge is 0.467 e. The van der Waals surface area contributed by atoms with Crippen molar-refractivity contribution in [1.82, 2.24) is 13.9 Å². The minimum atomic E-state index is -5.01. The lowest BCUT2D eigenvalue weighted by molar-refractivity contribution is -0.153. The molecule has 16 heteroatoms. The van der Waals surface area contributed by atoms with Gasteiger partial charge >= 0.3 is 23.6 Å². The first-order valence-corrected chi connectivity index (χ1v) is 18.5. The van der Waals surface area contributed by atoms with Gasteiger partial charge < -0.3 is 18.9 Å². The summed E-state index contributed by atoms with van der Waals surface area (Å²) in [5.74, 6) is -4.55. The van der Waals surface area contributed by atoms with Crippen molar-refractivity contribution in [2.45, 2.75) is 49.3 Å². The van der Waals surface area contributed by atoms with Crippen LogP contribution in [0.15, 0.2) is 136 Å². The normalized spacial score (nSPS) is 18.3. The number of rotatable bonds is 11. The standard InChI is InChI=1S/C40H35N3O12S/c1-24-19-21-29(22-20-24)56(50,51)43(35(45)26-13-7-4-8-14-26)30(39(48)52-3)31-32(54-37(46)27-15-9-5-10-16-27)33(55-38(47)28-17-11-6-12-18-28)36(53-31)42-23-25(2)34(44)41-40(42)49/h4-23,30-33,36H,1-3H3,(H,41,44,49)/t30-,31+,32+,33+,36+/m0/s1. The first-order chi connectivity index (χ1) is 26.8. The number of ether oxygens (including phenoxy) is 4. The van der Waals surface area contributed by atoms with E-state index in [9.17, 15) is 37.2 Å². The summed E-state index contributed by atoms with van der Waals surface area (Å²) in [6.07, 6.45) is -6.49. The number of carbonyl (C=O) groups excluding carboxylic acids is 4. The van der Waals surface area contributed by atoms with Gasteiger partial charge in [-0.2, -0.15) is 0 Å². The molecule has 6 rings (SSSR count). The van der Waals surface area contributed by atoms with Gasteiger partial charge in [-0.1, -0.05) is 72.3 Å². The molecule has 5 aromatic rings. The maximum atomic E-state index is 14.7. The summed E-state index contributed by atoms with van der Waals surface area (Å²) in [6, 6.07) is 25.5. The van der Waals surface area contributed by atoms with Gasteiger partial charge in [-0.05, 0) is 62.4 Å². The van der Waals surface area contributed by atoms with Crippen LogP contribution < -0.4 is 11.2 Å². The molecule has 0 bridgehead atoms. The van der Waals surface area contributed by atoms with Crippen LogP contribution in [-0.4, -0.2) is 77.6 Å². The van der Waals surface area contributed by atoms with E-state index in [2.05, 4.69) is 4.98 Å². The number of nitrogens with one attached hydrogen (secondary N) is 1. The number of esters is 3. The van der Waals surface area contributed by atoms with E-state index >= 15 is 0 Å². The summed E-state index contributed by atoms with van der Waals surface area (Å²) in [5, 5.41) is 0. The van der Waals surface area contributed by atoms with Gasteiger partial charge in [0, 0.05) is 17.3 Å². The highest BCUT2D eigenvalue weighted by molar-refractivity contribution is 7.89. The number of hydrogen-bond acceptors (Lipinski definition) is 12. The molecule has 0 aliphatic carbocycles. The lowest BCUT2D eigenvalue weighted by Gasteiger charge is -2.34. The minimum absolute atomic E-state index is 0.000925. The number of H-pyrrole nitrogens is 1. The second-order valence-corrected chi connectivity index (χ2v) is 14.5. The monoisotopic (exact) mass is 781 g/mol. The van der Waals surface area contributed by atoms with Gasteiger partial charge in [0.05, 0.1) is 23.1 Å². The van der Waals surface area contributed by atoms with Gasteiger partial charge in [0.25, 0.3) is 21.5 Å². The number of aromatic nitrogens is 2. The number of nitrogens with zero attached hydrogens (tertiary/aromatic N) is 2. The van der Waals surface area contributed by atoms with E-state index in [1.807, 2.05) is 0 Å². The zero-order valence-electron chi connectivity index (χ0n) is 30.1. The number of carbonyl (C=O) groups is 4. The Morgan fingerprint density at radius 3 is 1.75 bits per heavy atom. The molecule has 1 aromatic heterocycles. The second kappa shape index (κ2) is 16.4.